The van der Waals surface area contributed by atoms with Crippen LogP contribution in [0, 0.1) is 0 Å². The van der Waals surface area contributed by atoms with Crippen molar-refractivity contribution < 1.29 is 0 Å². The number of likely N-dealkylation sites (N-methyl/N-ethyl adjacent to an activating group) is 1. The molecule has 0 saturated carbocycles. The minimum atomic E-state index is 0.699. The molecule has 1 aliphatic heterocycles. The van der Waals surface area contributed by atoms with E-state index < -0.39 is 0 Å². The van der Waals surface area contributed by atoms with E-state index in [4.69, 9.17) is 4.98 Å². The Morgan fingerprint density at radius 3 is 2.85 bits per heavy atom. The minimum Gasteiger partial charge on any atom is -0.311 e. The van der Waals surface area contributed by atoms with Crippen molar-refractivity contribution in [2.45, 2.75) is 38.9 Å². The van der Waals surface area contributed by atoms with Crippen LogP contribution in [0.2, 0.25) is 0 Å². The fourth-order valence-corrected chi connectivity index (χ4v) is 2.72. The Hall–Kier alpha value is -0.970. The Bertz CT molecular complexity index is 405. The standard InChI is InChI=1S/C16H28N4/c1-4-9-17-11-14-6-5-7-15(18-14)12-20-10-8-16(13-20)19(2)3/h5-7,16-17H,4,8-13H2,1-3H3. The molecule has 1 N–H and O–H groups in total. The van der Waals surface area contributed by atoms with Gasteiger partial charge in [-0.1, -0.05) is 13.0 Å². The fraction of sp³-hybridized carbons (Fsp3) is 0.688. The lowest BCUT2D eigenvalue weighted by atomic mass is 10.2. The second-order valence-corrected chi connectivity index (χ2v) is 5.94. The largest absolute Gasteiger partial charge is 0.311 e. The molecule has 2 heterocycles. The summed E-state index contributed by atoms with van der Waals surface area (Å²) in [5.41, 5.74) is 2.35. The van der Waals surface area contributed by atoms with Gasteiger partial charge in [0.15, 0.2) is 0 Å². The quantitative estimate of drug-likeness (QED) is 0.768. The molecule has 0 aliphatic carbocycles. The number of likely N-dealkylation sites (tertiary alicyclic amines) is 1. The molecule has 1 fully saturated rings. The zero-order chi connectivity index (χ0) is 14.4. The van der Waals surface area contributed by atoms with Crippen LogP contribution >= 0.6 is 0 Å². The summed E-state index contributed by atoms with van der Waals surface area (Å²) >= 11 is 0. The smallest absolute Gasteiger partial charge is 0.0547 e. The van der Waals surface area contributed by atoms with E-state index in [9.17, 15) is 0 Å². The van der Waals surface area contributed by atoms with Gasteiger partial charge in [-0.05, 0) is 45.6 Å². The first kappa shape index (κ1) is 15.4. The van der Waals surface area contributed by atoms with Crippen molar-refractivity contribution in [1.29, 1.82) is 0 Å². The van der Waals surface area contributed by atoms with Crippen LogP contribution in [0.15, 0.2) is 18.2 Å². The van der Waals surface area contributed by atoms with E-state index in [0.29, 0.717) is 6.04 Å². The summed E-state index contributed by atoms with van der Waals surface area (Å²) in [6.07, 6.45) is 2.43. The Balaban J connectivity index is 1.85. The van der Waals surface area contributed by atoms with Crippen LogP contribution in [0.5, 0.6) is 0 Å². The Morgan fingerprint density at radius 1 is 1.35 bits per heavy atom. The highest BCUT2D eigenvalue weighted by atomic mass is 15.2. The second kappa shape index (κ2) is 7.72. The number of nitrogens with one attached hydrogen (secondary N) is 1. The predicted octanol–water partition coefficient (Wildman–Crippen LogP) is 1.72. The van der Waals surface area contributed by atoms with E-state index in [0.717, 1.165) is 31.9 Å². The van der Waals surface area contributed by atoms with Crippen LogP contribution in [0.3, 0.4) is 0 Å². The SMILES string of the molecule is CCCNCc1cccc(CN2CCC(N(C)C)C2)n1. The van der Waals surface area contributed by atoms with Crippen LogP contribution in [0.25, 0.3) is 0 Å². The maximum absolute atomic E-state index is 4.76. The summed E-state index contributed by atoms with van der Waals surface area (Å²) in [7, 11) is 4.35. The molecule has 0 aromatic carbocycles. The summed E-state index contributed by atoms with van der Waals surface area (Å²) < 4.78 is 0. The van der Waals surface area contributed by atoms with E-state index in [1.807, 2.05) is 0 Å². The molecular formula is C16H28N4. The highest BCUT2D eigenvalue weighted by Gasteiger charge is 2.23. The molecule has 4 nitrogen and oxygen atoms in total. The van der Waals surface area contributed by atoms with Gasteiger partial charge in [0.05, 0.1) is 11.4 Å². The number of rotatable bonds is 7. The van der Waals surface area contributed by atoms with E-state index in [1.54, 1.807) is 0 Å². The van der Waals surface area contributed by atoms with E-state index in [1.165, 1.54) is 25.1 Å². The summed E-state index contributed by atoms with van der Waals surface area (Å²) in [6, 6.07) is 7.08. The van der Waals surface area contributed by atoms with Gasteiger partial charge in [-0.2, -0.15) is 0 Å². The molecule has 1 aromatic rings. The lowest BCUT2D eigenvalue weighted by Crippen LogP contribution is -2.31. The monoisotopic (exact) mass is 276 g/mol. The van der Waals surface area contributed by atoms with Crippen molar-refractivity contribution >= 4 is 0 Å². The maximum Gasteiger partial charge on any atom is 0.0547 e. The van der Waals surface area contributed by atoms with Gasteiger partial charge in [-0.3, -0.25) is 9.88 Å². The van der Waals surface area contributed by atoms with E-state index in [-0.39, 0.29) is 0 Å². The van der Waals surface area contributed by atoms with E-state index >= 15 is 0 Å². The van der Waals surface area contributed by atoms with Gasteiger partial charge in [0.2, 0.25) is 0 Å². The first-order chi connectivity index (χ1) is 9.69. The Labute approximate surface area is 123 Å². The molecule has 1 aromatic heterocycles. The maximum atomic E-state index is 4.76. The second-order valence-electron chi connectivity index (χ2n) is 5.94. The molecule has 1 atom stereocenters. The number of nitrogens with zero attached hydrogens (tertiary/aromatic N) is 3. The third-order valence-electron chi connectivity index (χ3n) is 3.96. The molecule has 1 aliphatic rings. The molecular weight excluding hydrogens is 248 g/mol. The lowest BCUT2D eigenvalue weighted by Gasteiger charge is -2.20. The van der Waals surface area contributed by atoms with Gasteiger partial charge >= 0.3 is 0 Å². The van der Waals surface area contributed by atoms with Gasteiger partial charge in [-0.25, -0.2) is 0 Å². The summed E-state index contributed by atoms with van der Waals surface area (Å²) in [5, 5.41) is 3.41. The first-order valence-corrected chi connectivity index (χ1v) is 7.73. The molecule has 1 saturated heterocycles. The molecule has 20 heavy (non-hydrogen) atoms. The van der Waals surface area contributed by atoms with Gasteiger partial charge in [0, 0.05) is 32.2 Å². The molecule has 1 unspecified atom stereocenters. The number of hydrogen-bond acceptors (Lipinski definition) is 4. The molecule has 0 bridgehead atoms. The predicted molar refractivity (Wildman–Crippen MR) is 83.6 cm³/mol. The van der Waals surface area contributed by atoms with Crippen molar-refractivity contribution in [3.05, 3.63) is 29.6 Å². The molecule has 0 amide bonds. The highest BCUT2D eigenvalue weighted by Crippen LogP contribution is 2.15. The van der Waals surface area contributed by atoms with E-state index in [2.05, 4.69) is 54.3 Å². The fourth-order valence-electron chi connectivity index (χ4n) is 2.72. The first-order valence-electron chi connectivity index (χ1n) is 7.73. The summed E-state index contributed by atoms with van der Waals surface area (Å²) in [6.45, 7) is 7.44. The Kier molecular flexibility index (Phi) is 5.95. The summed E-state index contributed by atoms with van der Waals surface area (Å²) in [5.74, 6) is 0. The number of pyridine rings is 1. The highest BCUT2D eigenvalue weighted by molar-refractivity contribution is 5.11. The molecule has 0 spiro atoms. The molecule has 0 radical (unpaired) electrons. The zero-order valence-corrected chi connectivity index (χ0v) is 13.1. The van der Waals surface area contributed by atoms with Gasteiger partial charge < -0.3 is 10.2 Å². The summed E-state index contributed by atoms with van der Waals surface area (Å²) in [4.78, 5) is 9.60. The molecule has 112 valence electrons. The third-order valence-corrected chi connectivity index (χ3v) is 3.96. The van der Waals surface area contributed by atoms with Gasteiger partial charge in [-0.15, -0.1) is 0 Å². The van der Waals surface area contributed by atoms with Gasteiger partial charge in [0.1, 0.15) is 0 Å². The van der Waals surface area contributed by atoms with Crippen LogP contribution in [0.4, 0.5) is 0 Å². The zero-order valence-electron chi connectivity index (χ0n) is 13.1. The number of hydrogen-bond donors (Lipinski definition) is 1. The van der Waals surface area contributed by atoms with Crippen molar-refractivity contribution in [2.24, 2.45) is 0 Å². The van der Waals surface area contributed by atoms with Crippen LogP contribution in [-0.4, -0.2) is 54.6 Å². The minimum absolute atomic E-state index is 0.699. The van der Waals surface area contributed by atoms with Gasteiger partial charge in [0.25, 0.3) is 0 Å². The van der Waals surface area contributed by atoms with Crippen molar-refractivity contribution in [3.8, 4) is 0 Å². The third kappa shape index (κ3) is 4.54. The van der Waals surface area contributed by atoms with Crippen molar-refractivity contribution in [1.82, 2.24) is 20.1 Å². The molecule has 4 heteroatoms. The average Bonchev–Trinajstić information content (AvgIpc) is 2.88. The number of aromatic nitrogens is 1. The lowest BCUT2D eigenvalue weighted by molar-refractivity contribution is 0.263. The normalized spacial score (nSPS) is 19.9. The van der Waals surface area contributed by atoms with Crippen molar-refractivity contribution in [3.63, 3.8) is 0 Å². The van der Waals surface area contributed by atoms with Crippen molar-refractivity contribution in [2.75, 3.05) is 33.7 Å². The van der Waals surface area contributed by atoms with Crippen LogP contribution in [-0.2, 0) is 13.1 Å². The topological polar surface area (TPSA) is 31.4 Å². The Morgan fingerprint density at radius 2 is 2.15 bits per heavy atom. The molecule has 2 rings (SSSR count). The van der Waals surface area contributed by atoms with Crippen LogP contribution < -0.4 is 5.32 Å². The average molecular weight is 276 g/mol. The van der Waals surface area contributed by atoms with Crippen LogP contribution in [0.1, 0.15) is 31.2 Å².